The fourth-order valence-electron chi connectivity index (χ4n) is 8.33. The number of benzene rings is 9. The van der Waals surface area contributed by atoms with Gasteiger partial charge in [0.2, 0.25) is 0 Å². The number of fused-ring (bicyclic) bond motifs is 7. The molecule has 9 aromatic carbocycles. The van der Waals surface area contributed by atoms with E-state index in [9.17, 15) is 0 Å². The number of nitrogens with zero attached hydrogens (tertiary/aromatic N) is 2. The molecule has 0 saturated carbocycles. The Morgan fingerprint density at radius 1 is 0.309 bits per heavy atom. The maximum Gasteiger partial charge on any atom is 0.160 e. The Labute approximate surface area is 317 Å². The van der Waals surface area contributed by atoms with Crippen LogP contribution in [0.2, 0.25) is 0 Å². The second-order valence-electron chi connectivity index (χ2n) is 14.1. The topological polar surface area (TPSA) is 38.9 Å². The molecule has 0 saturated heterocycles. The van der Waals surface area contributed by atoms with Crippen LogP contribution in [-0.4, -0.2) is 9.97 Å². The van der Waals surface area contributed by atoms with Crippen molar-refractivity contribution in [2.75, 3.05) is 0 Å². The first-order valence-corrected chi connectivity index (χ1v) is 18.7. The molecule has 3 nitrogen and oxygen atoms in total. The van der Waals surface area contributed by atoms with Gasteiger partial charge in [0.25, 0.3) is 0 Å². The minimum absolute atomic E-state index is 0.683. The van der Waals surface area contributed by atoms with Gasteiger partial charge in [0.1, 0.15) is 11.2 Å². The zero-order valence-corrected chi connectivity index (χ0v) is 29.8. The van der Waals surface area contributed by atoms with Crippen LogP contribution in [0.25, 0.3) is 110 Å². The third-order valence-corrected chi connectivity index (χ3v) is 10.9. The first kappa shape index (κ1) is 31.2. The van der Waals surface area contributed by atoms with Gasteiger partial charge in [-0.3, -0.25) is 0 Å². The van der Waals surface area contributed by atoms with Crippen molar-refractivity contribution in [1.29, 1.82) is 0 Å². The smallest absolute Gasteiger partial charge is 0.160 e. The normalized spacial score (nSPS) is 11.6. The summed E-state index contributed by atoms with van der Waals surface area (Å²) < 4.78 is 6.19. The molecule has 3 heteroatoms. The van der Waals surface area contributed by atoms with Crippen molar-refractivity contribution < 1.29 is 4.42 Å². The first-order valence-electron chi connectivity index (χ1n) is 18.7. The van der Waals surface area contributed by atoms with Crippen molar-refractivity contribution in [1.82, 2.24) is 9.97 Å². The van der Waals surface area contributed by atoms with Crippen LogP contribution in [0.15, 0.2) is 199 Å². The molecule has 11 rings (SSSR count). The summed E-state index contributed by atoms with van der Waals surface area (Å²) in [4.78, 5) is 10.6. The van der Waals surface area contributed by atoms with Crippen molar-refractivity contribution in [2.24, 2.45) is 0 Å². The van der Waals surface area contributed by atoms with E-state index >= 15 is 0 Å². The summed E-state index contributed by atoms with van der Waals surface area (Å²) in [6.07, 6.45) is 0. The number of para-hydroxylation sites is 1. The Kier molecular flexibility index (Phi) is 7.17. The molecule has 0 atom stereocenters. The van der Waals surface area contributed by atoms with E-state index in [1.54, 1.807) is 0 Å². The number of aromatic nitrogens is 2. The van der Waals surface area contributed by atoms with Crippen LogP contribution in [0.5, 0.6) is 0 Å². The van der Waals surface area contributed by atoms with E-state index < -0.39 is 0 Å². The Balaban J connectivity index is 1.16. The van der Waals surface area contributed by atoms with Gasteiger partial charge in [-0.1, -0.05) is 164 Å². The van der Waals surface area contributed by atoms with E-state index in [1.165, 1.54) is 37.9 Å². The second kappa shape index (κ2) is 12.6. The molecule has 2 heterocycles. The molecule has 0 fully saturated rings. The lowest BCUT2D eigenvalue weighted by Crippen LogP contribution is -1.98. The summed E-state index contributed by atoms with van der Waals surface area (Å²) in [6, 6.07) is 68.7. The molecular formula is C52H32N2O. The Hall–Kier alpha value is -7.36. The molecule has 0 spiro atoms. The molecular weight excluding hydrogens is 669 g/mol. The summed E-state index contributed by atoms with van der Waals surface area (Å²) in [5.41, 5.74) is 11.1. The Morgan fingerprint density at radius 2 is 0.909 bits per heavy atom. The minimum atomic E-state index is 0.683. The molecule has 0 N–H and O–H groups in total. The standard InChI is InChI=1S/C52H32N2O/c1-2-15-34(16-3-1)52-53-47(40-21-9-8-19-38(40)36-27-29-50-46(31-36)42-23-12-13-25-49(42)55-50)32-48(54-52)41-22-10-11-24-43(41)51-39-20-7-5-17-35(39)30-45-37-18-6-4-14-33(37)26-28-44(45)51/h1-32H. The van der Waals surface area contributed by atoms with Crippen LogP contribution in [0.4, 0.5) is 0 Å². The predicted molar refractivity (Wildman–Crippen MR) is 229 cm³/mol. The van der Waals surface area contributed by atoms with Gasteiger partial charge in [-0.05, 0) is 84.9 Å². The molecule has 0 aliphatic heterocycles. The summed E-state index contributed by atoms with van der Waals surface area (Å²) in [5.74, 6) is 0.683. The number of hydrogen-bond acceptors (Lipinski definition) is 3. The minimum Gasteiger partial charge on any atom is -0.456 e. The maximum absolute atomic E-state index is 6.19. The molecule has 11 aromatic rings. The van der Waals surface area contributed by atoms with Crippen LogP contribution in [0.1, 0.15) is 0 Å². The summed E-state index contributed by atoms with van der Waals surface area (Å²) in [6.45, 7) is 0. The van der Waals surface area contributed by atoms with Crippen LogP contribution >= 0.6 is 0 Å². The third-order valence-electron chi connectivity index (χ3n) is 10.9. The van der Waals surface area contributed by atoms with E-state index in [-0.39, 0.29) is 0 Å². The van der Waals surface area contributed by atoms with Crippen LogP contribution < -0.4 is 0 Å². The molecule has 256 valence electrons. The van der Waals surface area contributed by atoms with Crippen LogP contribution in [0, 0.1) is 0 Å². The van der Waals surface area contributed by atoms with Gasteiger partial charge in [-0.25, -0.2) is 9.97 Å². The largest absolute Gasteiger partial charge is 0.456 e. The number of rotatable bonds is 5. The van der Waals surface area contributed by atoms with Crippen molar-refractivity contribution in [3.05, 3.63) is 194 Å². The molecule has 55 heavy (non-hydrogen) atoms. The fourth-order valence-corrected chi connectivity index (χ4v) is 8.33. The van der Waals surface area contributed by atoms with E-state index in [0.29, 0.717) is 5.82 Å². The second-order valence-corrected chi connectivity index (χ2v) is 14.1. The summed E-state index contributed by atoms with van der Waals surface area (Å²) >= 11 is 0. The van der Waals surface area contributed by atoms with Gasteiger partial charge in [0.05, 0.1) is 11.4 Å². The van der Waals surface area contributed by atoms with Crippen molar-refractivity contribution in [3.63, 3.8) is 0 Å². The molecule has 2 aromatic heterocycles. The average Bonchev–Trinajstić information content (AvgIpc) is 3.64. The summed E-state index contributed by atoms with van der Waals surface area (Å²) in [7, 11) is 0. The maximum atomic E-state index is 6.19. The number of furan rings is 1. The molecule has 0 amide bonds. The van der Waals surface area contributed by atoms with Crippen molar-refractivity contribution >= 4 is 54.3 Å². The average molecular weight is 701 g/mol. The van der Waals surface area contributed by atoms with E-state index in [2.05, 4.69) is 164 Å². The zero-order chi connectivity index (χ0) is 36.3. The molecule has 0 bridgehead atoms. The Morgan fingerprint density at radius 3 is 1.71 bits per heavy atom. The van der Waals surface area contributed by atoms with E-state index in [4.69, 9.17) is 14.4 Å². The quantitative estimate of drug-likeness (QED) is 0.133. The highest BCUT2D eigenvalue weighted by atomic mass is 16.3. The molecule has 0 unspecified atom stereocenters. The van der Waals surface area contributed by atoms with E-state index in [1.807, 2.05) is 30.3 Å². The van der Waals surface area contributed by atoms with Crippen LogP contribution in [-0.2, 0) is 0 Å². The Bertz CT molecular complexity index is 3270. The van der Waals surface area contributed by atoms with Gasteiger partial charge >= 0.3 is 0 Å². The summed E-state index contributed by atoms with van der Waals surface area (Å²) in [5, 5.41) is 9.57. The SMILES string of the molecule is c1ccc(-c2nc(-c3ccccc3-c3ccc4oc5ccccc5c4c3)cc(-c3ccccc3-c3c4ccccc4cc4c3ccc3ccccc34)n2)cc1. The van der Waals surface area contributed by atoms with Gasteiger partial charge < -0.3 is 4.42 Å². The lowest BCUT2D eigenvalue weighted by Gasteiger charge is -2.18. The first-order chi connectivity index (χ1) is 27.3. The number of hydrogen-bond donors (Lipinski definition) is 0. The molecule has 0 radical (unpaired) electrons. The highest BCUT2D eigenvalue weighted by molar-refractivity contribution is 6.21. The monoisotopic (exact) mass is 700 g/mol. The predicted octanol–water partition coefficient (Wildman–Crippen LogP) is 14.2. The lowest BCUT2D eigenvalue weighted by atomic mass is 9.87. The lowest BCUT2D eigenvalue weighted by molar-refractivity contribution is 0.669. The highest BCUT2D eigenvalue weighted by Gasteiger charge is 2.20. The third kappa shape index (κ3) is 5.20. The van der Waals surface area contributed by atoms with Gasteiger partial charge in [0.15, 0.2) is 5.82 Å². The van der Waals surface area contributed by atoms with Gasteiger partial charge in [0, 0.05) is 27.5 Å². The van der Waals surface area contributed by atoms with Gasteiger partial charge in [-0.15, -0.1) is 0 Å². The molecule has 0 aliphatic rings. The van der Waals surface area contributed by atoms with Gasteiger partial charge in [-0.2, -0.15) is 0 Å². The van der Waals surface area contributed by atoms with Crippen LogP contribution in [0.3, 0.4) is 0 Å². The van der Waals surface area contributed by atoms with Crippen molar-refractivity contribution in [2.45, 2.75) is 0 Å². The zero-order valence-electron chi connectivity index (χ0n) is 29.8. The van der Waals surface area contributed by atoms with Crippen molar-refractivity contribution in [3.8, 4) is 56.2 Å². The fraction of sp³-hybridized carbons (Fsp3) is 0. The highest BCUT2D eigenvalue weighted by Crippen LogP contribution is 2.44. The molecule has 0 aliphatic carbocycles. The van der Waals surface area contributed by atoms with E-state index in [0.717, 1.165) is 66.7 Å².